The lowest BCUT2D eigenvalue weighted by Gasteiger charge is -2.28. The molecule has 1 N–H and O–H groups in total. The molecular formula is C15H22FNO3. The van der Waals surface area contributed by atoms with Crippen LogP contribution >= 0.6 is 0 Å². The predicted octanol–water partition coefficient (Wildman–Crippen LogP) is 2.44. The minimum Gasteiger partial charge on any atom is -0.488 e. The van der Waals surface area contributed by atoms with Gasteiger partial charge in [-0.2, -0.15) is 0 Å². The van der Waals surface area contributed by atoms with Crippen molar-refractivity contribution >= 4 is 5.97 Å². The van der Waals surface area contributed by atoms with Gasteiger partial charge < -0.3 is 9.47 Å². The van der Waals surface area contributed by atoms with Gasteiger partial charge in [-0.15, -0.1) is 0 Å². The maximum Gasteiger partial charge on any atom is 0.329 e. The molecular weight excluding hydrogens is 261 g/mol. The third-order valence-corrected chi connectivity index (χ3v) is 3.07. The van der Waals surface area contributed by atoms with Gasteiger partial charge in [0.25, 0.3) is 0 Å². The summed E-state index contributed by atoms with van der Waals surface area (Å²) in [4.78, 5) is 11.9. The summed E-state index contributed by atoms with van der Waals surface area (Å²) in [6, 6.07) is 4.92. The average molecular weight is 283 g/mol. The number of benzene rings is 1. The molecule has 1 aromatic rings. The number of esters is 1. The summed E-state index contributed by atoms with van der Waals surface area (Å²) < 4.78 is 24.1. The molecule has 5 heteroatoms. The van der Waals surface area contributed by atoms with Crippen LogP contribution in [0.4, 0.5) is 4.39 Å². The summed E-state index contributed by atoms with van der Waals surface area (Å²) in [7, 11) is 1.32. The molecule has 1 rings (SSSR count). The molecule has 0 heterocycles. The summed E-state index contributed by atoms with van der Waals surface area (Å²) in [5, 5.41) is 3.08. The van der Waals surface area contributed by atoms with Gasteiger partial charge in [-0.25, -0.2) is 9.18 Å². The van der Waals surface area contributed by atoms with Crippen molar-refractivity contribution in [3.63, 3.8) is 0 Å². The fraction of sp³-hybridized carbons (Fsp3) is 0.533. The number of carbonyl (C=O) groups is 1. The summed E-state index contributed by atoms with van der Waals surface area (Å²) in [5.74, 6) is -0.701. The number of carbonyl (C=O) groups excluding carboxylic acids is 1. The molecule has 0 spiro atoms. The van der Waals surface area contributed by atoms with E-state index in [1.54, 1.807) is 32.0 Å². The number of nitrogens with one attached hydrogen (secondary N) is 1. The highest BCUT2D eigenvalue weighted by molar-refractivity contribution is 5.80. The zero-order valence-corrected chi connectivity index (χ0v) is 12.5. The van der Waals surface area contributed by atoms with Gasteiger partial charge in [0.2, 0.25) is 0 Å². The molecule has 0 fully saturated rings. The van der Waals surface area contributed by atoms with Gasteiger partial charge in [-0.1, -0.05) is 19.1 Å². The quantitative estimate of drug-likeness (QED) is 0.781. The van der Waals surface area contributed by atoms with E-state index in [1.807, 2.05) is 6.92 Å². The lowest BCUT2D eigenvalue weighted by atomic mass is 10.0. The van der Waals surface area contributed by atoms with Gasteiger partial charge in [0.05, 0.1) is 7.11 Å². The maximum absolute atomic E-state index is 13.9. The van der Waals surface area contributed by atoms with E-state index in [0.717, 1.165) is 6.42 Å². The Labute approximate surface area is 119 Å². The highest BCUT2D eigenvalue weighted by Crippen LogP contribution is 2.21. The molecule has 0 radical (unpaired) electrons. The van der Waals surface area contributed by atoms with Crippen LogP contribution in [0.5, 0.6) is 5.75 Å². The van der Waals surface area contributed by atoms with Gasteiger partial charge in [0.1, 0.15) is 12.1 Å². The van der Waals surface area contributed by atoms with E-state index in [0.29, 0.717) is 12.1 Å². The van der Waals surface area contributed by atoms with Crippen molar-refractivity contribution in [2.75, 3.05) is 20.3 Å². The Hall–Kier alpha value is -1.62. The first kappa shape index (κ1) is 16.4. The zero-order chi connectivity index (χ0) is 15.2. The molecule has 1 aromatic carbocycles. The van der Waals surface area contributed by atoms with Crippen molar-refractivity contribution in [2.24, 2.45) is 0 Å². The number of methoxy groups -OCH3 is 1. The highest BCUT2D eigenvalue weighted by Gasteiger charge is 2.35. The third kappa shape index (κ3) is 3.93. The first-order valence-corrected chi connectivity index (χ1v) is 6.66. The first-order valence-electron chi connectivity index (χ1n) is 6.66. The van der Waals surface area contributed by atoms with E-state index in [-0.39, 0.29) is 12.4 Å². The van der Waals surface area contributed by atoms with Gasteiger partial charge in [-0.3, -0.25) is 5.32 Å². The number of ether oxygens (including phenoxy) is 2. The van der Waals surface area contributed by atoms with E-state index in [9.17, 15) is 9.18 Å². The highest BCUT2D eigenvalue weighted by atomic mass is 19.1. The first-order chi connectivity index (χ1) is 9.44. The van der Waals surface area contributed by atoms with Crippen LogP contribution in [-0.4, -0.2) is 31.8 Å². The Morgan fingerprint density at radius 3 is 2.75 bits per heavy atom. The Balaban J connectivity index is 2.80. The molecule has 0 aliphatic rings. The zero-order valence-electron chi connectivity index (χ0n) is 12.5. The Morgan fingerprint density at radius 2 is 2.15 bits per heavy atom. The molecule has 0 aliphatic carbocycles. The minimum absolute atomic E-state index is 0.0000463. The van der Waals surface area contributed by atoms with Crippen LogP contribution in [0.2, 0.25) is 0 Å². The van der Waals surface area contributed by atoms with Crippen molar-refractivity contribution in [1.29, 1.82) is 0 Å². The fourth-order valence-electron chi connectivity index (χ4n) is 1.76. The van der Waals surface area contributed by atoms with E-state index < -0.39 is 17.3 Å². The number of rotatable bonds is 7. The third-order valence-electron chi connectivity index (χ3n) is 3.07. The number of hydrogen-bond donors (Lipinski definition) is 1. The number of aryl methyl sites for hydroxylation is 1. The van der Waals surface area contributed by atoms with Crippen LogP contribution in [0.25, 0.3) is 0 Å². The van der Waals surface area contributed by atoms with Crippen LogP contribution in [0, 0.1) is 12.7 Å². The summed E-state index contributed by atoms with van der Waals surface area (Å²) in [6.07, 6.45) is 0.866. The smallest absolute Gasteiger partial charge is 0.329 e. The number of halogens is 1. The van der Waals surface area contributed by atoms with Gasteiger partial charge in [0, 0.05) is 0 Å². The lowest BCUT2D eigenvalue weighted by Crippen LogP contribution is -2.54. The molecule has 112 valence electrons. The molecule has 4 nitrogen and oxygen atoms in total. The van der Waals surface area contributed by atoms with Crippen molar-refractivity contribution in [1.82, 2.24) is 5.32 Å². The van der Waals surface area contributed by atoms with Crippen molar-refractivity contribution in [3.05, 3.63) is 29.6 Å². The van der Waals surface area contributed by atoms with Crippen LogP contribution in [0.1, 0.15) is 25.8 Å². The molecule has 0 saturated heterocycles. The topological polar surface area (TPSA) is 47.6 Å². The molecule has 20 heavy (non-hydrogen) atoms. The number of hydrogen-bond acceptors (Lipinski definition) is 4. The SMILES string of the molecule is CCCNC(C)(COc1cccc(C)c1F)C(=O)OC. The normalized spacial score (nSPS) is 13.7. The summed E-state index contributed by atoms with van der Waals surface area (Å²) in [5.41, 5.74) is -0.496. The van der Waals surface area contributed by atoms with E-state index in [4.69, 9.17) is 9.47 Å². The van der Waals surface area contributed by atoms with Crippen LogP contribution in [0.3, 0.4) is 0 Å². The second-order valence-corrected chi connectivity index (χ2v) is 4.93. The summed E-state index contributed by atoms with van der Waals surface area (Å²) in [6.45, 7) is 5.98. The molecule has 0 bridgehead atoms. The molecule has 1 unspecified atom stereocenters. The molecule has 0 amide bonds. The standard InChI is InChI=1S/C15H22FNO3/c1-5-9-17-15(3,14(18)19-4)10-20-12-8-6-7-11(2)13(12)16/h6-8,17H,5,9-10H2,1-4H3. The molecule has 0 aromatic heterocycles. The van der Waals surface area contributed by atoms with Gasteiger partial charge in [-0.05, 0) is 38.4 Å². The molecule has 1 atom stereocenters. The maximum atomic E-state index is 13.9. The molecule has 0 aliphatic heterocycles. The van der Waals surface area contributed by atoms with Crippen LogP contribution in [0.15, 0.2) is 18.2 Å². The van der Waals surface area contributed by atoms with Crippen molar-refractivity contribution < 1.29 is 18.7 Å². The lowest BCUT2D eigenvalue weighted by molar-refractivity contribution is -0.149. The van der Waals surface area contributed by atoms with Crippen LogP contribution < -0.4 is 10.1 Å². The Morgan fingerprint density at radius 1 is 1.45 bits per heavy atom. The monoisotopic (exact) mass is 283 g/mol. The predicted molar refractivity (Wildman–Crippen MR) is 75.3 cm³/mol. The largest absolute Gasteiger partial charge is 0.488 e. The van der Waals surface area contributed by atoms with E-state index in [2.05, 4.69) is 5.32 Å². The van der Waals surface area contributed by atoms with E-state index in [1.165, 1.54) is 7.11 Å². The second-order valence-electron chi connectivity index (χ2n) is 4.93. The van der Waals surface area contributed by atoms with Crippen LogP contribution in [-0.2, 0) is 9.53 Å². The Kier molecular flexibility index (Phi) is 5.95. The van der Waals surface area contributed by atoms with Gasteiger partial charge in [0.15, 0.2) is 11.6 Å². The fourth-order valence-corrected chi connectivity index (χ4v) is 1.76. The van der Waals surface area contributed by atoms with Crippen molar-refractivity contribution in [2.45, 2.75) is 32.7 Å². The Bertz CT molecular complexity index is 464. The minimum atomic E-state index is -0.999. The summed E-state index contributed by atoms with van der Waals surface area (Å²) >= 11 is 0. The molecule has 0 saturated carbocycles. The average Bonchev–Trinajstić information content (AvgIpc) is 2.45. The van der Waals surface area contributed by atoms with E-state index >= 15 is 0 Å². The van der Waals surface area contributed by atoms with Crippen molar-refractivity contribution in [3.8, 4) is 5.75 Å². The van der Waals surface area contributed by atoms with Gasteiger partial charge >= 0.3 is 5.97 Å². The second kappa shape index (κ2) is 7.24.